The number of unbranched alkanes of at least 4 members (excludes halogenated alkanes) is 1. The van der Waals surface area contributed by atoms with E-state index < -0.39 is 0 Å². The molecule has 0 aromatic carbocycles. The molecule has 1 unspecified atom stereocenters. The van der Waals surface area contributed by atoms with Crippen LogP contribution in [0.1, 0.15) is 64.7 Å². The molecule has 1 nitrogen and oxygen atoms in total. The molecule has 1 aliphatic carbocycles. The summed E-state index contributed by atoms with van der Waals surface area (Å²) in [6, 6.07) is 0. The maximum atomic E-state index is 9.09. The Labute approximate surface area is 82.5 Å². The van der Waals surface area contributed by atoms with Crippen LogP contribution in [0.4, 0.5) is 0 Å². The minimum absolute atomic E-state index is 0.0913. The molecule has 1 fully saturated rings. The highest BCUT2D eigenvalue weighted by Crippen LogP contribution is 2.27. The first-order chi connectivity index (χ1) is 6.29. The summed E-state index contributed by atoms with van der Waals surface area (Å²) in [5.41, 5.74) is 0. The van der Waals surface area contributed by atoms with Crippen LogP contribution in [0.2, 0.25) is 0 Å². The predicted octanol–water partition coefficient (Wildman–Crippen LogP) is 3.51. The van der Waals surface area contributed by atoms with E-state index in [0.29, 0.717) is 0 Å². The number of hydrogen-bond donors (Lipinski definition) is 1. The second-order valence-electron chi connectivity index (χ2n) is 4.64. The topological polar surface area (TPSA) is 20.2 Å². The van der Waals surface area contributed by atoms with Crippen molar-refractivity contribution in [3.8, 4) is 0 Å². The van der Waals surface area contributed by atoms with Crippen molar-refractivity contribution in [2.75, 3.05) is 0 Å². The van der Waals surface area contributed by atoms with E-state index in [1.54, 1.807) is 0 Å². The highest BCUT2D eigenvalue weighted by molar-refractivity contribution is 4.65. The zero-order valence-electron chi connectivity index (χ0n) is 8.97. The van der Waals surface area contributed by atoms with Gasteiger partial charge in [-0.25, -0.2) is 0 Å². The molecule has 0 aliphatic heterocycles. The Balaban J connectivity index is 1.92. The zero-order valence-corrected chi connectivity index (χ0v) is 8.97. The van der Waals surface area contributed by atoms with Gasteiger partial charge in [0.15, 0.2) is 0 Å². The van der Waals surface area contributed by atoms with Crippen molar-refractivity contribution in [3.05, 3.63) is 0 Å². The molecule has 1 atom stereocenters. The first kappa shape index (κ1) is 11.0. The van der Waals surface area contributed by atoms with Gasteiger partial charge in [-0.3, -0.25) is 0 Å². The van der Waals surface area contributed by atoms with E-state index >= 15 is 0 Å². The predicted molar refractivity (Wildman–Crippen MR) is 56.7 cm³/mol. The molecule has 0 aromatic heterocycles. The molecule has 0 aromatic rings. The van der Waals surface area contributed by atoms with Gasteiger partial charge in [0.2, 0.25) is 0 Å². The minimum Gasteiger partial charge on any atom is -0.393 e. The molecular formula is C12H24O. The zero-order chi connectivity index (χ0) is 9.52. The fraction of sp³-hybridized carbons (Fsp3) is 1.00. The lowest BCUT2D eigenvalue weighted by Crippen LogP contribution is -2.06. The van der Waals surface area contributed by atoms with Crippen molar-refractivity contribution >= 4 is 0 Å². The van der Waals surface area contributed by atoms with Crippen LogP contribution < -0.4 is 0 Å². The summed E-state index contributed by atoms with van der Waals surface area (Å²) in [5, 5.41) is 9.09. The van der Waals surface area contributed by atoms with Crippen LogP contribution in [0.15, 0.2) is 0 Å². The van der Waals surface area contributed by atoms with Gasteiger partial charge >= 0.3 is 0 Å². The van der Waals surface area contributed by atoms with Gasteiger partial charge in [-0.15, -0.1) is 0 Å². The average molecular weight is 184 g/mol. The third-order valence-corrected chi connectivity index (χ3v) is 3.21. The third-order valence-electron chi connectivity index (χ3n) is 3.21. The lowest BCUT2D eigenvalue weighted by molar-refractivity contribution is 0.178. The van der Waals surface area contributed by atoms with Crippen LogP contribution in [-0.2, 0) is 0 Å². The first-order valence-electron chi connectivity index (χ1n) is 5.97. The SMILES string of the molecule is CC(O)CCCCC1CCCCC1. The molecule has 1 rings (SSSR count). The number of hydrogen-bond acceptors (Lipinski definition) is 1. The van der Waals surface area contributed by atoms with Gasteiger partial charge in [-0.2, -0.15) is 0 Å². The van der Waals surface area contributed by atoms with Crippen LogP contribution in [0.25, 0.3) is 0 Å². The third kappa shape index (κ3) is 5.30. The number of aliphatic hydroxyl groups is 1. The Hall–Kier alpha value is -0.0400. The van der Waals surface area contributed by atoms with Gasteiger partial charge in [-0.05, 0) is 19.3 Å². The molecule has 0 spiro atoms. The van der Waals surface area contributed by atoms with Crippen molar-refractivity contribution < 1.29 is 5.11 Å². The smallest absolute Gasteiger partial charge is 0.0512 e. The second kappa shape index (κ2) is 6.42. The molecule has 1 saturated carbocycles. The average Bonchev–Trinajstić information content (AvgIpc) is 2.14. The quantitative estimate of drug-likeness (QED) is 0.648. The summed E-state index contributed by atoms with van der Waals surface area (Å²) in [4.78, 5) is 0. The van der Waals surface area contributed by atoms with E-state index in [-0.39, 0.29) is 6.10 Å². The van der Waals surface area contributed by atoms with Gasteiger partial charge in [0.05, 0.1) is 6.10 Å². The van der Waals surface area contributed by atoms with E-state index in [1.807, 2.05) is 6.92 Å². The highest BCUT2D eigenvalue weighted by atomic mass is 16.3. The largest absolute Gasteiger partial charge is 0.393 e. The molecular weight excluding hydrogens is 160 g/mol. The number of aliphatic hydroxyl groups excluding tert-OH is 1. The van der Waals surface area contributed by atoms with E-state index in [1.165, 1.54) is 51.4 Å². The lowest BCUT2D eigenvalue weighted by Gasteiger charge is -2.21. The van der Waals surface area contributed by atoms with Crippen molar-refractivity contribution in [1.82, 2.24) is 0 Å². The summed E-state index contributed by atoms with van der Waals surface area (Å²) >= 11 is 0. The van der Waals surface area contributed by atoms with Crippen molar-refractivity contribution in [2.24, 2.45) is 5.92 Å². The molecule has 0 radical (unpaired) electrons. The molecule has 13 heavy (non-hydrogen) atoms. The van der Waals surface area contributed by atoms with Gasteiger partial charge < -0.3 is 5.11 Å². The van der Waals surface area contributed by atoms with Gasteiger partial charge in [0.25, 0.3) is 0 Å². The minimum atomic E-state index is -0.0913. The normalized spacial score (nSPS) is 21.7. The molecule has 0 amide bonds. The molecule has 78 valence electrons. The van der Waals surface area contributed by atoms with Crippen LogP contribution in [0, 0.1) is 5.92 Å². The van der Waals surface area contributed by atoms with E-state index in [9.17, 15) is 0 Å². The van der Waals surface area contributed by atoms with Crippen LogP contribution >= 0.6 is 0 Å². The Kier molecular flexibility index (Phi) is 5.45. The summed E-state index contributed by atoms with van der Waals surface area (Å²) in [6.07, 6.45) is 12.2. The van der Waals surface area contributed by atoms with Crippen LogP contribution in [-0.4, -0.2) is 11.2 Å². The Morgan fingerprint density at radius 3 is 2.46 bits per heavy atom. The first-order valence-corrected chi connectivity index (χ1v) is 5.97. The summed E-state index contributed by atoms with van der Waals surface area (Å²) in [5.74, 6) is 1.02. The molecule has 0 bridgehead atoms. The summed E-state index contributed by atoms with van der Waals surface area (Å²) in [6.45, 7) is 1.89. The maximum absolute atomic E-state index is 9.09. The summed E-state index contributed by atoms with van der Waals surface area (Å²) < 4.78 is 0. The summed E-state index contributed by atoms with van der Waals surface area (Å²) in [7, 11) is 0. The van der Waals surface area contributed by atoms with Crippen molar-refractivity contribution in [3.63, 3.8) is 0 Å². The second-order valence-corrected chi connectivity index (χ2v) is 4.64. The molecule has 0 heterocycles. The Morgan fingerprint density at radius 2 is 1.85 bits per heavy atom. The molecule has 1 N–H and O–H groups in total. The van der Waals surface area contributed by atoms with Gasteiger partial charge in [-0.1, -0.05) is 51.4 Å². The fourth-order valence-electron chi connectivity index (χ4n) is 2.35. The Bertz CT molecular complexity index is 114. The van der Waals surface area contributed by atoms with E-state index in [4.69, 9.17) is 5.11 Å². The van der Waals surface area contributed by atoms with Crippen molar-refractivity contribution in [1.29, 1.82) is 0 Å². The van der Waals surface area contributed by atoms with Gasteiger partial charge in [0, 0.05) is 0 Å². The highest BCUT2D eigenvalue weighted by Gasteiger charge is 2.12. The molecule has 1 aliphatic rings. The standard InChI is InChI=1S/C12H24O/c1-11(13)7-5-6-10-12-8-3-2-4-9-12/h11-13H,2-10H2,1H3. The molecule has 1 heteroatoms. The lowest BCUT2D eigenvalue weighted by atomic mass is 9.85. The van der Waals surface area contributed by atoms with E-state index in [0.717, 1.165) is 12.3 Å². The van der Waals surface area contributed by atoms with Crippen LogP contribution in [0.5, 0.6) is 0 Å². The maximum Gasteiger partial charge on any atom is 0.0512 e. The van der Waals surface area contributed by atoms with E-state index in [2.05, 4.69) is 0 Å². The Morgan fingerprint density at radius 1 is 1.15 bits per heavy atom. The monoisotopic (exact) mass is 184 g/mol. The number of rotatable bonds is 5. The van der Waals surface area contributed by atoms with Gasteiger partial charge in [0.1, 0.15) is 0 Å². The van der Waals surface area contributed by atoms with Crippen molar-refractivity contribution in [2.45, 2.75) is 70.8 Å². The fourth-order valence-corrected chi connectivity index (χ4v) is 2.35. The molecule has 0 saturated heterocycles. The van der Waals surface area contributed by atoms with Crippen LogP contribution in [0.3, 0.4) is 0 Å².